The molecule has 0 aliphatic rings. The zero-order chi connectivity index (χ0) is 10.7. The third-order valence-electron chi connectivity index (χ3n) is 1.44. The second kappa shape index (κ2) is 4.06. The largest absolute Gasteiger partial charge is 0.478 e. The summed E-state index contributed by atoms with van der Waals surface area (Å²) in [5.41, 5.74) is -0.234. The molecular formula is C8H6ClNO4. The Labute approximate surface area is 84.3 Å². The number of hydrogen-bond acceptors (Lipinski definition) is 4. The van der Waals surface area contributed by atoms with Crippen LogP contribution in [0.4, 0.5) is 0 Å². The number of ether oxygens (including phenoxy) is 1. The smallest absolute Gasteiger partial charge is 0.356 e. The molecule has 0 saturated carbocycles. The van der Waals surface area contributed by atoms with E-state index in [1.54, 1.807) is 0 Å². The molecule has 14 heavy (non-hydrogen) atoms. The third kappa shape index (κ3) is 2.20. The van der Waals surface area contributed by atoms with Gasteiger partial charge < -0.3 is 9.84 Å². The van der Waals surface area contributed by atoms with Crippen molar-refractivity contribution in [3.63, 3.8) is 0 Å². The summed E-state index contributed by atoms with van der Waals surface area (Å²) in [6.07, 6.45) is 0. The molecule has 5 nitrogen and oxygen atoms in total. The first-order valence-corrected chi connectivity index (χ1v) is 3.91. The molecule has 0 fully saturated rings. The Morgan fingerprint density at radius 2 is 2.14 bits per heavy atom. The Balaban J connectivity index is 3.20. The molecule has 0 aliphatic carbocycles. The number of halogens is 1. The lowest BCUT2D eigenvalue weighted by atomic mass is 10.2. The first kappa shape index (κ1) is 10.5. The molecule has 1 aromatic rings. The summed E-state index contributed by atoms with van der Waals surface area (Å²) in [6.45, 7) is 0. The highest BCUT2D eigenvalue weighted by Crippen LogP contribution is 2.11. The number of aromatic nitrogens is 1. The number of aromatic carboxylic acids is 1. The molecule has 0 spiro atoms. The third-order valence-corrected chi connectivity index (χ3v) is 1.63. The molecule has 0 aromatic carbocycles. The zero-order valence-electron chi connectivity index (χ0n) is 7.15. The fraction of sp³-hybridized carbons (Fsp3) is 0.125. The van der Waals surface area contributed by atoms with Crippen LogP contribution >= 0.6 is 11.6 Å². The number of methoxy groups -OCH3 is 1. The Morgan fingerprint density at radius 3 is 2.64 bits per heavy atom. The van der Waals surface area contributed by atoms with Crippen molar-refractivity contribution in [2.45, 2.75) is 0 Å². The van der Waals surface area contributed by atoms with Crippen LogP contribution < -0.4 is 0 Å². The van der Waals surface area contributed by atoms with E-state index in [4.69, 9.17) is 16.7 Å². The highest BCUT2D eigenvalue weighted by molar-refractivity contribution is 6.29. The lowest BCUT2D eigenvalue weighted by Gasteiger charge is -2.00. The molecule has 1 heterocycles. The highest BCUT2D eigenvalue weighted by atomic mass is 35.5. The fourth-order valence-corrected chi connectivity index (χ4v) is 1.04. The predicted octanol–water partition coefficient (Wildman–Crippen LogP) is 1.22. The number of pyridine rings is 1. The number of carbonyl (C=O) groups excluding carboxylic acids is 1. The summed E-state index contributed by atoms with van der Waals surface area (Å²) in [4.78, 5) is 25.2. The molecule has 6 heteroatoms. The maximum Gasteiger partial charge on any atom is 0.356 e. The Hall–Kier alpha value is -1.62. The van der Waals surface area contributed by atoms with Gasteiger partial charge in [-0.3, -0.25) is 0 Å². The van der Waals surface area contributed by atoms with Gasteiger partial charge >= 0.3 is 11.9 Å². The molecule has 0 aliphatic heterocycles. The van der Waals surface area contributed by atoms with E-state index in [9.17, 15) is 9.59 Å². The number of hydrogen-bond donors (Lipinski definition) is 1. The first-order valence-electron chi connectivity index (χ1n) is 3.54. The minimum atomic E-state index is -1.18. The summed E-state index contributed by atoms with van der Waals surface area (Å²) < 4.78 is 4.37. The van der Waals surface area contributed by atoms with Crippen LogP contribution in [-0.4, -0.2) is 29.1 Å². The lowest BCUT2D eigenvalue weighted by Crippen LogP contribution is -2.07. The molecule has 0 saturated heterocycles. The van der Waals surface area contributed by atoms with E-state index in [1.807, 2.05) is 0 Å². The predicted molar refractivity (Wildman–Crippen MR) is 47.5 cm³/mol. The van der Waals surface area contributed by atoms with Crippen molar-refractivity contribution >= 4 is 23.5 Å². The van der Waals surface area contributed by atoms with Gasteiger partial charge in [0.05, 0.1) is 12.7 Å². The lowest BCUT2D eigenvalue weighted by molar-refractivity contribution is 0.0594. The second-order valence-corrected chi connectivity index (χ2v) is 2.75. The van der Waals surface area contributed by atoms with Gasteiger partial charge in [-0.25, -0.2) is 14.6 Å². The first-order chi connectivity index (χ1) is 6.54. The summed E-state index contributed by atoms with van der Waals surface area (Å²) in [6, 6.07) is 2.25. The van der Waals surface area contributed by atoms with Crippen molar-refractivity contribution in [1.82, 2.24) is 4.98 Å². The normalized spacial score (nSPS) is 9.57. The number of nitrogens with zero attached hydrogens (tertiary/aromatic N) is 1. The van der Waals surface area contributed by atoms with Crippen LogP contribution in [0.1, 0.15) is 20.8 Å². The van der Waals surface area contributed by atoms with Crippen molar-refractivity contribution in [2.75, 3.05) is 7.11 Å². The van der Waals surface area contributed by atoms with Crippen LogP contribution in [0.5, 0.6) is 0 Å². The van der Waals surface area contributed by atoms with E-state index >= 15 is 0 Å². The molecular weight excluding hydrogens is 210 g/mol. The molecule has 1 aromatic heterocycles. The van der Waals surface area contributed by atoms with Crippen molar-refractivity contribution in [2.24, 2.45) is 0 Å². The molecule has 0 unspecified atom stereocenters. The zero-order valence-corrected chi connectivity index (χ0v) is 7.91. The van der Waals surface area contributed by atoms with E-state index in [1.165, 1.54) is 7.11 Å². The Bertz CT molecular complexity index is 391. The van der Waals surface area contributed by atoms with Gasteiger partial charge in [-0.2, -0.15) is 0 Å². The van der Waals surface area contributed by atoms with Crippen LogP contribution in [-0.2, 0) is 4.74 Å². The van der Waals surface area contributed by atoms with Gasteiger partial charge in [0.25, 0.3) is 0 Å². The van der Waals surface area contributed by atoms with Gasteiger partial charge in [0.15, 0.2) is 5.69 Å². The molecule has 1 N–H and O–H groups in total. The van der Waals surface area contributed by atoms with Crippen LogP contribution in [0.25, 0.3) is 0 Å². The van der Waals surface area contributed by atoms with E-state index in [0.717, 1.165) is 12.1 Å². The fourth-order valence-electron chi connectivity index (χ4n) is 0.830. The van der Waals surface area contributed by atoms with Crippen molar-refractivity contribution in [3.8, 4) is 0 Å². The highest BCUT2D eigenvalue weighted by Gasteiger charge is 2.13. The quantitative estimate of drug-likeness (QED) is 0.593. The molecule has 0 radical (unpaired) electrons. The van der Waals surface area contributed by atoms with Crippen molar-refractivity contribution in [3.05, 3.63) is 28.5 Å². The number of esters is 1. The van der Waals surface area contributed by atoms with E-state index < -0.39 is 11.9 Å². The van der Waals surface area contributed by atoms with Gasteiger partial charge in [-0.1, -0.05) is 11.6 Å². The number of carboxylic acid groups (broad SMARTS) is 1. The molecule has 0 bridgehead atoms. The van der Waals surface area contributed by atoms with Crippen LogP contribution in [0.2, 0.25) is 5.15 Å². The van der Waals surface area contributed by atoms with Crippen molar-refractivity contribution in [1.29, 1.82) is 0 Å². The van der Waals surface area contributed by atoms with E-state index in [2.05, 4.69) is 9.72 Å². The standard InChI is InChI=1S/C8H6ClNO4/c1-14-8(13)5-2-4(7(11)12)3-6(9)10-5/h2-3H,1H3,(H,11,12). The van der Waals surface area contributed by atoms with E-state index in [0.29, 0.717) is 0 Å². The summed E-state index contributed by atoms with van der Waals surface area (Å²) in [7, 11) is 1.17. The average molecular weight is 216 g/mol. The topological polar surface area (TPSA) is 76.5 Å². The number of carboxylic acids is 1. The second-order valence-electron chi connectivity index (χ2n) is 2.36. The minimum Gasteiger partial charge on any atom is -0.478 e. The van der Waals surface area contributed by atoms with Gasteiger partial charge in [0, 0.05) is 0 Å². The number of carbonyl (C=O) groups is 2. The summed E-state index contributed by atoms with van der Waals surface area (Å²) >= 11 is 5.51. The molecule has 0 atom stereocenters. The molecule has 1 rings (SSSR count). The average Bonchev–Trinajstić information content (AvgIpc) is 2.15. The maximum absolute atomic E-state index is 11.0. The van der Waals surface area contributed by atoms with E-state index in [-0.39, 0.29) is 16.4 Å². The van der Waals surface area contributed by atoms with Gasteiger partial charge in [-0.05, 0) is 12.1 Å². The van der Waals surface area contributed by atoms with Gasteiger partial charge in [-0.15, -0.1) is 0 Å². The van der Waals surface area contributed by atoms with Crippen molar-refractivity contribution < 1.29 is 19.4 Å². The van der Waals surface area contributed by atoms with Gasteiger partial charge in [0.2, 0.25) is 0 Å². The van der Waals surface area contributed by atoms with Gasteiger partial charge in [0.1, 0.15) is 5.15 Å². The SMILES string of the molecule is COC(=O)c1cc(C(=O)O)cc(Cl)n1. The summed E-state index contributed by atoms with van der Waals surface area (Å²) in [5.74, 6) is -1.91. The molecule has 0 amide bonds. The maximum atomic E-state index is 11.0. The monoisotopic (exact) mass is 215 g/mol. The van der Waals surface area contributed by atoms with Crippen LogP contribution in [0.15, 0.2) is 12.1 Å². The van der Waals surface area contributed by atoms with Crippen LogP contribution in [0.3, 0.4) is 0 Å². The summed E-state index contributed by atoms with van der Waals surface area (Å²) in [5, 5.41) is 8.59. The minimum absolute atomic E-state index is 0.0645. The molecule has 74 valence electrons. The van der Waals surface area contributed by atoms with Crippen LogP contribution in [0, 0.1) is 0 Å². The Kier molecular flexibility index (Phi) is 3.03. The Morgan fingerprint density at radius 1 is 1.50 bits per heavy atom. The number of rotatable bonds is 2.